The van der Waals surface area contributed by atoms with E-state index in [1.165, 1.54) is 44.9 Å². The summed E-state index contributed by atoms with van der Waals surface area (Å²) in [6, 6.07) is -0.986. The summed E-state index contributed by atoms with van der Waals surface area (Å²) in [5.74, 6) is -0.304. The first kappa shape index (κ1) is 65.8. The summed E-state index contributed by atoms with van der Waals surface area (Å²) >= 11 is 0. The third-order valence-electron chi connectivity index (χ3n) is 13.6. The summed E-state index contributed by atoms with van der Waals surface area (Å²) in [5.41, 5.74) is 0. The van der Waals surface area contributed by atoms with Crippen LogP contribution in [0.25, 0.3) is 0 Å². The molecule has 74 heavy (non-hydrogen) atoms. The maximum atomic E-state index is 13.3. The van der Waals surface area contributed by atoms with Crippen molar-refractivity contribution >= 4 is 5.91 Å². The van der Waals surface area contributed by atoms with Crippen LogP contribution in [0.2, 0.25) is 0 Å². The first-order valence-corrected chi connectivity index (χ1v) is 27.5. The molecule has 3 fully saturated rings. The van der Waals surface area contributed by atoms with Crippen LogP contribution in [0.3, 0.4) is 0 Å². The van der Waals surface area contributed by atoms with E-state index in [4.69, 9.17) is 28.4 Å². The highest BCUT2D eigenvalue weighted by molar-refractivity contribution is 5.76. The quantitative estimate of drug-likeness (QED) is 0.0312. The van der Waals surface area contributed by atoms with Crippen LogP contribution < -0.4 is 5.32 Å². The second-order valence-corrected chi connectivity index (χ2v) is 19.7. The van der Waals surface area contributed by atoms with E-state index >= 15 is 0 Å². The number of carbonyl (C=O) groups excluding carboxylic acids is 1. The summed E-state index contributed by atoms with van der Waals surface area (Å²) in [7, 11) is 0. The van der Waals surface area contributed by atoms with Crippen molar-refractivity contribution in [1.29, 1.82) is 0 Å². The Labute approximate surface area is 439 Å². The molecule has 12 N–H and O–H groups in total. The van der Waals surface area contributed by atoms with E-state index in [1.807, 2.05) is 6.08 Å². The molecule has 3 rings (SSSR count). The van der Waals surface area contributed by atoms with Crippen LogP contribution in [-0.2, 0) is 33.2 Å². The molecule has 428 valence electrons. The van der Waals surface area contributed by atoms with Gasteiger partial charge >= 0.3 is 0 Å². The van der Waals surface area contributed by atoms with Crippen LogP contribution in [0, 0.1) is 0 Å². The van der Waals surface area contributed by atoms with Gasteiger partial charge in [-0.2, -0.15) is 0 Å². The van der Waals surface area contributed by atoms with E-state index < -0.39 is 124 Å². The van der Waals surface area contributed by atoms with Crippen molar-refractivity contribution in [3.8, 4) is 0 Å². The number of rotatable bonds is 38. The SMILES string of the molecule is CC/C=C\C/C=C\C/C=C\C/C=C\CCCCCCC(=O)NC(COC1OC(CO)C(OC2OC(CO)C(OC3OC(CO)C(O)C(O)C3O)C(O)C2O)C(O)C1O)C(O)/C=C/CCCCCCCCCCCC. The van der Waals surface area contributed by atoms with Crippen molar-refractivity contribution < 1.29 is 89.4 Å². The number of unbranched alkanes of at least 4 members (excludes halogenated alkanes) is 14. The zero-order valence-electron chi connectivity index (χ0n) is 44.0. The number of aliphatic hydroxyl groups excluding tert-OH is 11. The Balaban J connectivity index is 1.55. The number of allylic oxidation sites excluding steroid dienone is 9. The standard InChI is InChI=1S/C55H95NO18/c1-3-5-7-9-11-13-15-17-18-19-20-21-23-25-27-29-31-33-43(61)56-38(39(60)32-30-28-26-24-22-16-14-12-10-8-6-4-2)37-69-53-49(67)46(64)51(41(35-58)71-53)74-55-50(68)47(65)52(42(36-59)72-55)73-54-48(66)45(63)44(62)40(34-57)70-54/h5,7,11,13,17-18,20-21,30,32,38-42,44-55,57-60,62-68H,3-4,6,8-10,12,14-16,19,22-29,31,33-37H2,1-2H3,(H,56,61)/b7-5-,13-11-,18-17-,21-20-,32-30+. The van der Waals surface area contributed by atoms with E-state index in [-0.39, 0.29) is 18.9 Å². The summed E-state index contributed by atoms with van der Waals surface area (Å²) in [6.07, 6.45) is 15.0. The number of ether oxygens (including phenoxy) is 6. The van der Waals surface area contributed by atoms with Gasteiger partial charge in [0.25, 0.3) is 0 Å². The van der Waals surface area contributed by atoms with Crippen LogP contribution in [0.15, 0.2) is 60.8 Å². The molecular weight excluding hydrogens is 963 g/mol. The molecule has 3 aliphatic rings. The number of hydrogen-bond acceptors (Lipinski definition) is 18. The third kappa shape index (κ3) is 23.6. The molecule has 0 aliphatic carbocycles. The van der Waals surface area contributed by atoms with Crippen LogP contribution in [0.1, 0.15) is 149 Å². The molecule has 0 aromatic rings. The Bertz CT molecular complexity index is 1590. The van der Waals surface area contributed by atoms with Gasteiger partial charge in [-0.1, -0.05) is 145 Å². The summed E-state index contributed by atoms with van der Waals surface area (Å²) in [6.45, 7) is 1.54. The smallest absolute Gasteiger partial charge is 0.220 e. The molecule has 19 heteroatoms. The normalized spacial score (nSPS) is 31.9. The molecule has 19 nitrogen and oxygen atoms in total. The number of aliphatic hydroxyl groups is 11. The second kappa shape index (κ2) is 38.9. The van der Waals surface area contributed by atoms with Crippen LogP contribution in [-0.4, -0.2) is 193 Å². The van der Waals surface area contributed by atoms with E-state index in [9.17, 15) is 61.0 Å². The first-order chi connectivity index (χ1) is 35.8. The lowest BCUT2D eigenvalue weighted by Gasteiger charge is -2.48. The predicted octanol–water partition coefficient (Wildman–Crippen LogP) is 3.31. The minimum Gasteiger partial charge on any atom is -0.394 e. The van der Waals surface area contributed by atoms with E-state index in [2.05, 4.69) is 67.8 Å². The summed E-state index contributed by atoms with van der Waals surface area (Å²) < 4.78 is 34.1. The van der Waals surface area contributed by atoms with Gasteiger partial charge in [0.2, 0.25) is 5.91 Å². The van der Waals surface area contributed by atoms with E-state index in [0.717, 1.165) is 77.0 Å². The van der Waals surface area contributed by atoms with Crippen molar-refractivity contribution in [3.63, 3.8) is 0 Å². The molecule has 0 radical (unpaired) electrons. The largest absolute Gasteiger partial charge is 0.394 e. The Kier molecular flexibility index (Phi) is 34.6. The second-order valence-electron chi connectivity index (χ2n) is 19.7. The van der Waals surface area contributed by atoms with Crippen molar-refractivity contribution in [1.82, 2.24) is 5.32 Å². The average molecular weight is 1060 g/mol. The summed E-state index contributed by atoms with van der Waals surface area (Å²) in [5, 5.41) is 120. The average Bonchev–Trinajstić information content (AvgIpc) is 3.40. The van der Waals surface area contributed by atoms with Gasteiger partial charge in [0.15, 0.2) is 18.9 Å². The van der Waals surface area contributed by atoms with Crippen molar-refractivity contribution in [2.45, 2.75) is 253 Å². The lowest BCUT2D eigenvalue weighted by Crippen LogP contribution is -2.66. The lowest BCUT2D eigenvalue weighted by atomic mass is 9.96. The van der Waals surface area contributed by atoms with Crippen molar-refractivity contribution in [2.24, 2.45) is 0 Å². The summed E-state index contributed by atoms with van der Waals surface area (Å²) in [4.78, 5) is 13.3. The van der Waals surface area contributed by atoms with Gasteiger partial charge in [0, 0.05) is 6.42 Å². The molecule has 3 aliphatic heterocycles. The Morgan fingerprint density at radius 3 is 1.46 bits per heavy atom. The highest BCUT2D eigenvalue weighted by Crippen LogP contribution is 2.33. The van der Waals surface area contributed by atoms with Crippen LogP contribution in [0.4, 0.5) is 0 Å². The van der Waals surface area contributed by atoms with E-state index in [1.54, 1.807) is 6.08 Å². The fourth-order valence-corrected chi connectivity index (χ4v) is 9.00. The topological polar surface area (TPSA) is 307 Å². The van der Waals surface area contributed by atoms with Gasteiger partial charge in [-0.3, -0.25) is 4.79 Å². The molecule has 0 aromatic carbocycles. The van der Waals surface area contributed by atoms with Gasteiger partial charge in [0.05, 0.1) is 38.6 Å². The first-order valence-electron chi connectivity index (χ1n) is 27.5. The number of carbonyl (C=O) groups is 1. The molecular formula is C55H95NO18. The maximum Gasteiger partial charge on any atom is 0.220 e. The van der Waals surface area contributed by atoms with Crippen molar-refractivity contribution in [3.05, 3.63) is 60.8 Å². The number of hydrogen-bond donors (Lipinski definition) is 12. The third-order valence-corrected chi connectivity index (χ3v) is 13.6. The molecule has 0 spiro atoms. The van der Waals surface area contributed by atoms with Gasteiger partial charge in [0.1, 0.15) is 73.2 Å². The zero-order valence-corrected chi connectivity index (χ0v) is 44.0. The molecule has 17 unspecified atom stereocenters. The molecule has 17 atom stereocenters. The Morgan fingerprint density at radius 1 is 0.500 bits per heavy atom. The van der Waals surface area contributed by atoms with Gasteiger partial charge in [-0.15, -0.1) is 0 Å². The van der Waals surface area contributed by atoms with E-state index in [0.29, 0.717) is 6.42 Å². The molecule has 0 bridgehead atoms. The Morgan fingerprint density at radius 2 is 0.932 bits per heavy atom. The monoisotopic (exact) mass is 1060 g/mol. The minimum atomic E-state index is -1.98. The highest BCUT2D eigenvalue weighted by atomic mass is 16.8. The van der Waals surface area contributed by atoms with Crippen LogP contribution in [0.5, 0.6) is 0 Å². The van der Waals surface area contributed by atoms with Crippen LogP contribution >= 0.6 is 0 Å². The molecule has 3 saturated heterocycles. The predicted molar refractivity (Wildman–Crippen MR) is 277 cm³/mol. The minimum absolute atomic E-state index is 0.212. The Hall–Kier alpha value is -2.51. The fraction of sp³-hybridized carbons (Fsp3) is 0.800. The van der Waals surface area contributed by atoms with Gasteiger partial charge in [-0.25, -0.2) is 0 Å². The maximum absolute atomic E-state index is 13.3. The highest BCUT2D eigenvalue weighted by Gasteiger charge is 2.53. The van der Waals surface area contributed by atoms with Gasteiger partial charge in [-0.05, 0) is 57.8 Å². The number of amides is 1. The van der Waals surface area contributed by atoms with Crippen molar-refractivity contribution in [2.75, 3.05) is 26.4 Å². The lowest BCUT2D eigenvalue weighted by molar-refractivity contribution is -0.379. The molecule has 1 amide bonds. The zero-order chi connectivity index (χ0) is 54.1. The number of nitrogens with one attached hydrogen (secondary N) is 1. The molecule has 0 aromatic heterocycles. The fourth-order valence-electron chi connectivity index (χ4n) is 9.00. The molecule has 3 heterocycles. The van der Waals surface area contributed by atoms with Gasteiger partial charge < -0.3 is 89.9 Å². The molecule has 0 saturated carbocycles.